The number of alkyl halides is 3. The van der Waals surface area contributed by atoms with Crippen LogP contribution in [0.15, 0.2) is 24.3 Å². The number of hydrogen-bond donors (Lipinski definition) is 1. The standard InChI is InChI=1S/C16H19F3O2/c17-16(18,19)13-5-2-1-4-12(13)14(20)11-6-9-21-15(10-11)7-3-8-15/h1-2,4-5,11,14,20H,3,6-10H2. The number of aliphatic hydroxyl groups excluding tert-OH is 1. The van der Waals surface area contributed by atoms with Crippen LogP contribution in [0.5, 0.6) is 0 Å². The van der Waals surface area contributed by atoms with Gasteiger partial charge in [0.25, 0.3) is 0 Å². The third-order valence-corrected chi connectivity index (χ3v) is 4.83. The van der Waals surface area contributed by atoms with Gasteiger partial charge in [0.2, 0.25) is 0 Å². The molecule has 1 aliphatic carbocycles. The zero-order chi connectivity index (χ0) is 15.1. The second-order valence-corrected chi connectivity index (χ2v) is 6.17. The van der Waals surface area contributed by atoms with E-state index in [4.69, 9.17) is 4.74 Å². The van der Waals surface area contributed by atoms with E-state index in [1.807, 2.05) is 0 Å². The third-order valence-electron chi connectivity index (χ3n) is 4.83. The maximum absolute atomic E-state index is 13.1. The Balaban J connectivity index is 1.83. The van der Waals surface area contributed by atoms with Crippen LogP contribution in [-0.2, 0) is 10.9 Å². The summed E-state index contributed by atoms with van der Waals surface area (Å²) < 4.78 is 45.0. The van der Waals surface area contributed by atoms with Crippen LogP contribution in [0.25, 0.3) is 0 Å². The van der Waals surface area contributed by atoms with Gasteiger partial charge in [0.1, 0.15) is 0 Å². The predicted octanol–water partition coefficient (Wildman–Crippen LogP) is 4.09. The maximum Gasteiger partial charge on any atom is 0.416 e. The monoisotopic (exact) mass is 300 g/mol. The molecule has 2 aliphatic rings. The summed E-state index contributed by atoms with van der Waals surface area (Å²) in [4.78, 5) is 0. The van der Waals surface area contributed by atoms with Gasteiger partial charge in [0, 0.05) is 6.61 Å². The van der Waals surface area contributed by atoms with Gasteiger partial charge in [-0.05, 0) is 49.7 Å². The van der Waals surface area contributed by atoms with Crippen LogP contribution >= 0.6 is 0 Å². The molecule has 1 heterocycles. The molecular formula is C16H19F3O2. The van der Waals surface area contributed by atoms with E-state index < -0.39 is 17.8 Å². The highest BCUT2D eigenvalue weighted by Gasteiger charge is 2.45. The van der Waals surface area contributed by atoms with E-state index in [1.54, 1.807) is 6.07 Å². The van der Waals surface area contributed by atoms with Crippen molar-refractivity contribution in [3.05, 3.63) is 35.4 Å². The molecule has 1 saturated carbocycles. The molecular weight excluding hydrogens is 281 g/mol. The van der Waals surface area contributed by atoms with E-state index in [2.05, 4.69) is 0 Å². The topological polar surface area (TPSA) is 29.5 Å². The van der Waals surface area contributed by atoms with E-state index in [1.165, 1.54) is 12.1 Å². The summed E-state index contributed by atoms with van der Waals surface area (Å²) >= 11 is 0. The predicted molar refractivity (Wildman–Crippen MR) is 71.7 cm³/mol. The Kier molecular flexibility index (Phi) is 3.74. The molecule has 2 fully saturated rings. The molecule has 0 aromatic heterocycles. The lowest BCUT2D eigenvalue weighted by Crippen LogP contribution is -2.46. The first-order valence-corrected chi connectivity index (χ1v) is 7.39. The number of hydrogen-bond acceptors (Lipinski definition) is 2. The first-order valence-electron chi connectivity index (χ1n) is 7.39. The van der Waals surface area contributed by atoms with Gasteiger partial charge in [-0.2, -0.15) is 13.2 Å². The van der Waals surface area contributed by atoms with Gasteiger partial charge in [-0.3, -0.25) is 0 Å². The maximum atomic E-state index is 13.1. The highest BCUT2D eigenvalue weighted by molar-refractivity contribution is 5.32. The van der Waals surface area contributed by atoms with Crippen LogP contribution in [0.4, 0.5) is 13.2 Å². The average molecular weight is 300 g/mol. The normalized spacial score (nSPS) is 26.4. The van der Waals surface area contributed by atoms with Crippen molar-refractivity contribution in [2.24, 2.45) is 5.92 Å². The Morgan fingerprint density at radius 2 is 1.95 bits per heavy atom. The van der Waals surface area contributed by atoms with Crippen molar-refractivity contribution < 1.29 is 23.0 Å². The molecule has 3 rings (SSSR count). The van der Waals surface area contributed by atoms with Gasteiger partial charge < -0.3 is 9.84 Å². The van der Waals surface area contributed by atoms with Crippen molar-refractivity contribution in [3.63, 3.8) is 0 Å². The van der Waals surface area contributed by atoms with Gasteiger partial charge in [0.05, 0.1) is 17.3 Å². The quantitative estimate of drug-likeness (QED) is 0.891. The summed E-state index contributed by atoms with van der Waals surface area (Å²) in [6, 6.07) is 5.33. The number of halogens is 3. The largest absolute Gasteiger partial charge is 0.416 e. The summed E-state index contributed by atoms with van der Waals surface area (Å²) in [5, 5.41) is 10.5. The minimum Gasteiger partial charge on any atom is -0.388 e. The van der Waals surface area contributed by atoms with E-state index in [-0.39, 0.29) is 17.1 Å². The fourth-order valence-corrected chi connectivity index (χ4v) is 3.52. The summed E-state index contributed by atoms with van der Waals surface area (Å²) in [5.41, 5.74) is -0.921. The second-order valence-electron chi connectivity index (χ2n) is 6.17. The molecule has 2 nitrogen and oxygen atoms in total. The zero-order valence-corrected chi connectivity index (χ0v) is 11.7. The first-order chi connectivity index (χ1) is 9.91. The highest BCUT2D eigenvalue weighted by Crippen LogP contribution is 2.48. The Labute approximate surface area is 121 Å². The minimum atomic E-state index is -4.43. The van der Waals surface area contributed by atoms with Crippen molar-refractivity contribution in [1.29, 1.82) is 0 Å². The molecule has 1 N–H and O–H groups in total. The lowest BCUT2D eigenvalue weighted by molar-refractivity contribution is -0.159. The molecule has 0 radical (unpaired) electrons. The Bertz CT molecular complexity index is 508. The van der Waals surface area contributed by atoms with Crippen LogP contribution < -0.4 is 0 Å². The van der Waals surface area contributed by atoms with Gasteiger partial charge in [-0.15, -0.1) is 0 Å². The summed E-state index contributed by atoms with van der Waals surface area (Å²) in [7, 11) is 0. The van der Waals surface area contributed by atoms with Crippen molar-refractivity contribution in [2.75, 3.05) is 6.61 Å². The summed E-state index contributed by atoms with van der Waals surface area (Å²) in [6.07, 6.45) is -1.24. The van der Waals surface area contributed by atoms with Gasteiger partial charge in [0.15, 0.2) is 0 Å². The molecule has 1 aliphatic heterocycles. The number of benzene rings is 1. The Morgan fingerprint density at radius 1 is 1.24 bits per heavy atom. The summed E-state index contributed by atoms with van der Waals surface area (Å²) in [5.74, 6) is -0.164. The van der Waals surface area contributed by atoms with Crippen molar-refractivity contribution >= 4 is 0 Å². The minimum absolute atomic E-state index is 0.00799. The first kappa shape index (κ1) is 14.9. The highest BCUT2D eigenvalue weighted by atomic mass is 19.4. The smallest absolute Gasteiger partial charge is 0.388 e. The molecule has 1 spiro atoms. The van der Waals surface area contributed by atoms with Gasteiger partial charge in [-0.1, -0.05) is 18.2 Å². The molecule has 5 heteroatoms. The molecule has 1 saturated heterocycles. The van der Waals surface area contributed by atoms with Crippen LogP contribution in [0.1, 0.15) is 49.3 Å². The SMILES string of the molecule is OC(c1ccccc1C(F)(F)F)C1CCOC2(CCC2)C1. The van der Waals surface area contributed by atoms with E-state index >= 15 is 0 Å². The molecule has 1 aromatic carbocycles. The van der Waals surface area contributed by atoms with Crippen LogP contribution in [-0.4, -0.2) is 17.3 Å². The van der Waals surface area contributed by atoms with E-state index in [9.17, 15) is 18.3 Å². The fraction of sp³-hybridized carbons (Fsp3) is 0.625. The molecule has 0 amide bonds. The van der Waals surface area contributed by atoms with Crippen molar-refractivity contribution in [2.45, 2.75) is 50.0 Å². The van der Waals surface area contributed by atoms with Crippen LogP contribution in [0.3, 0.4) is 0 Å². The zero-order valence-electron chi connectivity index (χ0n) is 11.7. The number of ether oxygens (including phenoxy) is 1. The second kappa shape index (κ2) is 5.29. The Hall–Kier alpha value is -1.07. The lowest BCUT2D eigenvalue weighted by Gasteiger charge is -2.48. The van der Waals surface area contributed by atoms with E-state index in [0.29, 0.717) is 19.4 Å². The third kappa shape index (κ3) is 2.81. The van der Waals surface area contributed by atoms with Crippen molar-refractivity contribution in [1.82, 2.24) is 0 Å². The fourth-order valence-electron chi connectivity index (χ4n) is 3.52. The lowest BCUT2D eigenvalue weighted by atomic mass is 9.70. The molecule has 2 atom stereocenters. The molecule has 0 bridgehead atoms. The summed E-state index contributed by atoms with van der Waals surface area (Å²) in [6.45, 7) is 0.524. The average Bonchev–Trinajstić information content (AvgIpc) is 2.44. The van der Waals surface area contributed by atoms with Crippen LogP contribution in [0.2, 0.25) is 0 Å². The Morgan fingerprint density at radius 3 is 2.57 bits per heavy atom. The van der Waals surface area contributed by atoms with E-state index in [0.717, 1.165) is 25.3 Å². The molecule has 1 aromatic rings. The molecule has 2 unspecified atom stereocenters. The van der Waals surface area contributed by atoms with Gasteiger partial charge in [-0.25, -0.2) is 0 Å². The van der Waals surface area contributed by atoms with Crippen molar-refractivity contribution in [3.8, 4) is 0 Å². The molecule has 116 valence electrons. The molecule has 21 heavy (non-hydrogen) atoms. The number of aliphatic hydroxyl groups is 1. The van der Waals surface area contributed by atoms with Gasteiger partial charge >= 0.3 is 6.18 Å². The van der Waals surface area contributed by atoms with Crippen LogP contribution in [0, 0.1) is 5.92 Å². The number of rotatable bonds is 2.